The highest BCUT2D eigenvalue weighted by Crippen LogP contribution is 2.22. The van der Waals surface area contributed by atoms with Crippen LogP contribution in [0.15, 0.2) is 54.6 Å². The zero-order valence-electron chi connectivity index (χ0n) is 15.6. The van der Waals surface area contributed by atoms with Crippen molar-refractivity contribution >= 4 is 29.2 Å². The number of halogens is 1. The zero-order valence-corrected chi connectivity index (χ0v) is 16.4. The van der Waals surface area contributed by atoms with Gasteiger partial charge in [0.1, 0.15) is 5.15 Å². The molecule has 0 saturated carbocycles. The number of aryl methyl sites for hydroxylation is 1. The van der Waals surface area contributed by atoms with E-state index in [1.54, 1.807) is 42.8 Å². The number of aromatic nitrogens is 2. The summed E-state index contributed by atoms with van der Waals surface area (Å²) in [5, 5.41) is 7.45. The molecule has 0 fully saturated rings. The summed E-state index contributed by atoms with van der Waals surface area (Å²) in [5.41, 5.74) is 2.87. The van der Waals surface area contributed by atoms with Crippen LogP contribution < -0.4 is 5.32 Å². The Labute approximate surface area is 168 Å². The molecule has 0 atom stereocenters. The number of esters is 1. The van der Waals surface area contributed by atoms with Crippen molar-refractivity contribution in [2.24, 2.45) is 0 Å². The van der Waals surface area contributed by atoms with Gasteiger partial charge in [-0.05, 0) is 43.7 Å². The Balaban J connectivity index is 1.75. The summed E-state index contributed by atoms with van der Waals surface area (Å²) >= 11 is 6.42. The van der Waals surface area contributed by atoms with Gasteiger partial charge in [-0.25, -0.2) is 9.48 Å². The molecule has 0 bridgehead atoms. The average molecular weight is 398 g/mol. The Morgan fingerprint density at radius 1 is 1.11 bits per heavy atom. The van der Waals surface area contributed by atoms with Gasteiger partial charge < -0.3 is 10.1 Å². The van der Waals surface area contributed by atoms with Gasteiger partial charge in [-0.15, -0.1) is 0 Å². The lowest BCUT2D eigenvalue weighted by Gasteiger charge is -2.07. The van der Waals surface area contributed by atoms with Crippen LogP contribution in [0.25, 0.3) is 0 Å². The highest BCUT2D eigenvalue weighted by Gasteiger charge is 2.20. The molecule has 1 heterocycles. The molecule has 1 N–H and O–H groups in total. The highest BCUT2D eigenvalue weighted by atomic mass is 35.5. The van der Waals surface area contributed by atoms with E-state index in [2.05, 4.69) is 10.4 Å². The maximum absolute atomic E-state index is 12.7. The van der Waals surface area contributed by atoms with E-state index in [9.17, 15) is 9.59 Å². The summed E-state index contributed by atoms with van der Waals surface area (Å²) in [6, 6.07) is 16.2. The minimum absolute atomic E-state index is 0.280. The van der Waals surface area contributed by atoms with E-state index in [1.807, 2.05) is 30.3 Å². The van der Waals surface area contributed by atoms with Gasteiger partial charge in [0.2, 0.25) is 0 Å². The summed E-state index contributed by atoms with van der Waals surface area (Å²) in [5.74, 6) is -0.757. The minimum Gasteiger partial charge on any atom is -0.462 e. The molecular weight excluding hydrogens is 378 g/mol. The second-order valence-corrected chi connectivity index (χ2v) is 6.50. The Morgan fingerprint density at radius 2 is 1.79 bits per heavy atom. The van der Waals surface area contributed by atoms with Crippen molar-refractivity contribution in [2.75, 3.05) is 11.9 Å². The van der Waals surface area contributed by atoms with Crippen LogP contribution >= 0.6 is 11.6 Å². The first-order valence-corrected chi connectivity index (χ1v) is 9.22. The largest absolute Gasteiger partial charge is 0.462 e. The van der Waals surface area contributed by atoms with E-state index in [0.717, 1.165) is 5.56 Å². The number of rotatable bonds is 6. The molecule has 0 saturated heterocycles. The van der Waals surface area contributed by atoms with Crippen molar-refractivity contribution in [3.63, 3.8) is 0 Å². The fourth-order valence-corrected chi connectivity index (χ4v) is 3.09. The second-order valence-electron chi connectivity index (χ2n) is 6.15. The van der Waals surface area contributed by atoms with Gasteiger partial charge >= 0.3 is 5.97 Å². The number of hydrogen-bond donors (Lipinski definition) is 1. The van der Waals surface area contributed by atoms with Gasteiger partial charge in [0.25, 0.3) is 5.91 Å². The monoisotopic (exact) mass is 397 g/mol. The summed E-state index contributed by atoms with van der Waals surface area (Å²) in [6.07, 6.45) is 0. The molecule has 0 aliphatic rings. The van der Waals surface area contributed by atoms with E-state index in [4.69, 9.17) is 16.3 Å². The van der Waals surface area contributed by atoms with Crippen LogP contribution in [0.4, 0.5) is 5.69 Å². The molecule has 6 nitrogen and oxygen atoms in total. The normalized spacial score (nSPS) is 10.5. The standard InChI is InChI=1S/C21H20ClN3O3/c1-3-28-21(27)16-9-11-17(12-10-16)23-20(26)18-14(2)24-25(19(18)22)13-15-7-5-4-6-8-15/h4-12H,3,13H2,1-2H3,(H,23,26). The molecule has 28 heavy (non-hydrogen) atoms. The fraction of sp³-hybridized carbons (Fsp3) is 0.190. The number of carbonyl (C=O) groups excluding carboxylic acids is 2. The molecule has 1 aromatic heterocycles. The minimum atomic E-state index is -0.401. The van der Waals surface area contributed by atoms with E-state index in [0.29, 0.717) is 35.7 Å². The highest BCUT2D eigenvalue weighted by molar-refractivity contribution is 6.33. The predicted molar refractivity (Wildman–Crippen MR) is 108 cm³/mol. The molecule has 2 aromatic carbocycles. The number of nitrogens with one attached hydrogen (secondary N) is 1. The van der Waals surface area contributed by atoms with Crippen LogP contribution in [-0.2, 0) is 11.3 Å². The third-order valence-corrected chi connectivity index (χ3v) is 4.51. The first kappa shape index (κ1) is 19.6. The number of ether oxygens (including phenoxy) is 1. The van der Waals surface area contributed by atoms with Crippen LogP contribution in [0, 0.1) is 6.92 Å². The van der Waals surface area contributed by atoms with Crippen LogP contribution in [0.3, 0.4) is 0 Å². The second kappa shape index (κ2) is 8.71. The topological polar surface area (TPSA) is 73.2 Å². The number of carbonyl (C=O) groups is 2. The van der Waals surface area contributed by atoms with Crippen molar-refractivity contribution in [1.29, 1.82) is 0 Å². The molecule has 0 spiro atoms. The van der Waals surface area contributed by atoms with E-state index in [-0.39, 0.29) is 11.1 Å². The first-order chi connectivity index (χ1) is 13.5. The van der Waals surface area contributed by atoms with Crippen molar-refractivity contribution in [1.82, 2.24) is 9.78 Å². The number of amides is 1. The van der Waals surface area contributed by atoms with Gasteiger partial charge in [-0.2, -0.15) is 5.10 Å². The Morgan fingerprint density at radius 3 is 2.43 bits per heavy atom. The van der Waals surface area contributed by atoms with Crippen LogP contribution in [0.1, 0.15) is 38.9 Å². The lowest BCUT2D eigenvalue weighted by Crippen LogP contribution is -2.13. The molecule has 0 unspecified atom stereocenters. The van der Waals surface area contributed by atoms with E-state index < -0.39 is 5.97 Å². The molecule has 0 aliphatic carbocycles. The van der Waals surface area contributed by atoms with Gasteiger partial charge in [-0.1, -0.05) is 41.9 Å². The molecule has 3 aromatic rings. The molecular formula is C21H20ClN3O3. The number of nitrogens with zero attached hydrogens (tertiary/aromatic N) is 2. The van der Waals surface area contributed by atoms with E-state index >= 15 is 0 Å². The predicted octanol–water partition coefficient (Wildman–Crippen LogP) is 4.32. The van der Waals surface area contributed by atoms with Crippen LogP contribution in [-0.4, -0.2) is 28.3 Å². The maximum atomic E-state index is 12.7. The summed E-state index contributed by atoms with van der Waals surface area (Å²) in [6.45, 7) is 4.27. The average Bonchev–Trinajstić information content (AvgIpc) is 2.96. The summed E-state index contributed by atoms with van der Waals surface area (Å²) < 4.78 is 6.55. The lowest BCUT2D eigenvalue weighted by atomic mass is 10.2. The Hall–Kier alpha value is -3.12. The third-order valence-electron chi connectivity index (χ3n) is 4.12. The molecule has 0 radical (unpaired) electrons. The first-order valence-electron chi connectivity index (χ1n) is 8.85. The number of anilines is 1. The van der Waals surface area contributed by atoms with Gasteiger partial charge in [0.15, 0.2) is 0 Å². The number of hydrogen-bond acceptors (Lipinski definition) is 4. The zero-order chi connectivity index (χ0) is 20.1. The van der Waals surface area contributed by atoms with Crippen molar-refractivity contribution < 1.29 is 14.3 Å². The van der Waals surface area contributed by atoms with Gasteiger partial charge in [0.05, 0.1) is 30.0 Å². The summed E-state index contributed by atoms with van der Waals surface area (Å²) in [7, 11) is 0. The van der Waals surface area contributed by atoms with Gasteiger partial charge in [0, 0.05) is 5.69 Å². The number of benzene rings is 2. The van der Waals surface area contributed by atoms with Crippen LogP contribution in [0.2, 0.25) is 5.15 Å². The van der Waals surface area contributed by atoms with Crippen molar-refractivity contribution in [3.05, 3.63) is 82.1 Å². The molecule has 1 amide bonds. The lowest BCUT2D eigenvalue weighted by molar-refractivity contribution is 0.0526. The Bertz CT molecular complexity index is 982. The SMILES string of the molecule is CCOC(=O)c1ccc(NC(=O)c2c(C)nn(Cc3ccccc3)c2Cl)cc1. The van der Waals surface area contributed by atoms with Crippen LogP contribution in [0.5, 0.6) is 0 Å². The molecule has 3 rings (SSSR count). The Kier molecular flexibility index (Phi) is 6.11. The molecule has 144 valence electrons. The smallest absolute Gasteiger partial charge is 0.338 e. The maximum Gasteiger partial charge on any atom is 0.338 e. The molecule has 7 heteroatoms. The third kappa shape index (κ3) is 4.40. The fourth-order valence-electron chi connectivity index (χ4n) is 2.77. The molecule has 0 aliphatic heterocycles. The van der Waals surface area contributed by atoms with E-state index in [1.165, 1.54) is 0 Å². The quantitative estimate of drug-likeness (QED) is 0.628. The van der Waals surface area contributed by atoms with Crippen molar-refractivity contribution in [2.45, 2.75) is 20.4 Å². The summed E-state index contributed by atoms with van der Waals surface area (Å²) in [4.78, 5) is 24.4. The van der Waals surface area contributed by atoms with Crippen molar-refractivity contribution in [3.8, 4) is 0 Å². The van der Waals surface area contributed by atoms with Gasteiger partial charge in [-0.3, -0.25) is 4.79 Å².